The minimum Gasteiger partial charge on any atom is -0.490 e. The van der Waals surface area contributed by atoms with Crippen LogP contribution < -0.4 is 118 Å². The van der Waals surface area contributed by atoms with Gasteiger partial charge in [-0.15, -0.1) is 0 Å². The van der Waals surface area contributed by atoms with Crippen LogP contribution in [0, 0.1) is 33.5 Å². The van der Waals surface area contributed by atoms with E-state index >= 15 is 24.0 Å². The van der Waals surface area contributed by atoms with E-state index in [1.54, 1.807) is 119 Å². The van der Waals surface area contributed by atoms with Gasteiger partial charge < -0.3 is 123 Å². The standard InChI is InChI=1S/C80H125N25O14/c1-6-48(4)65(75(116)100-59(25-17-39-94-80(89)90)76(117)105-40-18-26-64(105)74(115)96-55(66(82)107)21-10-11-35-81)104-69(110)58(24-16-38-93-79(87)88)97-67(108)56(22-14-36-91-77(83)84)98-70(111)60(43-47(2)3)101-68(109)57(23-15-37-92-78(85)86)99-72(113)62(44-50-19-8-7-9-20-50)103-73(114)63-46-52-29-33-54(34-30-52)119-42-13-12-41-118-53-31-27-51(28-32-53)45-61(71(112)102-63)95-49(5)106/h7-9,12-13,19-20,27-34,47-48,55-65H,6,10-11,14-18,21-26,35-46,81H2,1-5H3,(H2,82,107)(H,95,106)(H,96,115)(H,97,108)(H,98,111)(H,99,113)(H,100,116)(H,101,109)(H,102,112)(H,103,114)(H,104,110)(H4,83,84,91)(H4,85,86,92)(H4,87,88,93)(H4,89,90,94)/b13-12+/t48-,55-,56-,57-,58-,59-,60-,61-,62-,63-,64-,65-/m0/s1. The molecule has 12 amide bonds. The molecule has 0 unspecified atom stereocenters. The maximum Gasteiger partial charge on any atom is 0.245 e. The van der Waals surface area contributed by atoms with Crippen LogP contribution in [0.15, 0.2) is 91.0 Å². The van der Waals surface area contributed by atoms with E-state index in [0.29, 0.717) is 60.4 Å². The van der Waals surface area contributed by atoms with Gasteiger partial charge in [0.1, 0.15) is 91.2 Å². The van der Waals surface area contributed by atoms with Crippen molar-refractivity contribution in [1.82, 2.24) is 79.3 Å². The summed E-state index contributed by atoms with van der Waals surface area (Å²) in [7, 11) is 0. The molecule has 654 valence electrons. The molecule has 12 atom stereocenters. The SMILES string of the molecule is CC[C@H](C)[C@H](NC(=O)[C@H](CCCNC(=N)N)NC(=O)[C@H](CCCNC(=N)N)NC(=O)[C@H](CC(C)C)NC(=O)[C@H](CCCNC(=N)N)NC(=O)[C@H](Cc1ccccc1)NC(=O)[C@@H]1Cc2ccc(cc2)OC/C=C/COc2ccc(cc2)C[C@H](NC(C)=O)C(=O)N1)C(=O)N[C@@H](CCCNC(=N)N)C(=O)N1CCC[C@H]1C(=O)N[C@@H](CCCCN)C(N)=O. The highest BCUT2D eigenvalue weighted by atomic mass is 16.5. The zero-order chi connectivity index (χ0) is 87.5. The topological polar surface area (TPSA) is 646 Å². The minimum absolute atomic E-state index is 0.00917. The number of hydrogen-bond acceptors (Lipinski definition) is 19. The van der Waals surface area contributed by atoms with Crippen molar-refractivity contribution in [2.45, 2.75) is 217 Å². The van der Waals surface area contributed by atoms with Gasteiger partial charge in [0.05, 0.1) is 0 Å². The normalized spacial score (nSPS) is 17.2. The molecule has 0 aliphatic carbocycles. The van der Waals surface area contributed by atoms with Crippen LogP contribution >= 0.6 is 0 Å². The minimum atomic E-state index is -1.51. The second-order valence-corrected chi connectivity index (χ2v) is 30.0. The first-order chi connectivity index (χ1) is 56.7. The predicted octanol–water partition coefficient (Wildman–Crippen LogP) is -2.34. The number of carbonyl (C=O) groups is 12. The number of nitrogens with one attached hydrogen (secondary N) is 18. The van der Waals surface area contributed by atoms with Crippen LogP contribution in [0.4, 0.5) is 0 Å². The third-order valence-electron chi connectivity index (χ3n) is 19.9. The van der Waals surface area contributed by atoms with E-state index in [1.807, 2.05) is 0 Å². The summed E-state index contributed by atoms with van der Waals surface area (Å²) in [5, 5.41) is 69.5. The molecule has 30 N–H and O–H groups in total. The first kappa shape index (κ1) is 97.3. The summed E-state index contributed by atoms with van der Waals surface area (Å²) in [6, 6.07) is 7.61. The Hall–Kier alpha value is -12.3. The van der Waals surface area contributed by atoms with Crippen molar-refractivity contribution in [2.24, 2.45) is 46.2 Å². The second kappa shape index (κ2) is 51.7. The number of primary amides is 1. The maximum atomic E-state index is 15.2. The number of ether oxygens (including phenoxy) is 2. The molecular formula is C80H125N25O14. The Labute approximate surface area is 694 Å². The Morgan fingerprint density at radius 3 is 1.41 bits per heavy atom. The van der Waals surface area contributed by atoms with Crippen molar-refractivity contribution < 1.29 is 67.0 Å². The lowest BCUT2D eigenvalue weighted by Gasteiger charge is -2.32. The van der Waals surface area contributed by atoms with Crippen LogP contribution in [-0.4, -0.2) is 219 Å². The number of amides is 12. The van der Waals surface area contributed by atoms with Gasteiger partial charge in [0.25, 0.3) is 0 Å². The second-order valence-electron chi connectivity index (χ2n) is 30.0. The Bertz CT molecular complexity index is 3910. The monoisotopic (exact) mass is 1660 g/mol. The first-order valence-electron chi connectivity index (χ1n) is 40.5. The highest BCUT2D eigenvalue weighted by molar-refractivity contribution is 6.00. The number of carbonyl (C=O) groups excluding carboxylic acids is 12. The highest BCUT2D eigenvalue weighted by Gasteiger charge is 2.41. The molecule has 39 nitrogen and oxygen atoms in total. The lowest BCUT2D eigenvalue weighted by molar-refractivity contribution is -0.142. The van der Waals surface area contributed by atoms with E-state index < -0.39 is 155 Å². The zero-order valence-electron chi connectivity index (χ0n) is 68.7. The molecule has 119 heavy (non-hydrogen) atoms. The fourth-order valence-corrected chi connectivity index (χ4v) is 13.3. The fraction of sp³-hybridized carbons (Fsp3) is 0.550. The van der Waals surface area contributed by atoms with Gasteiger partial charge in [0.2, 0.25) is 70.9 Å². The summed E-state index contributed by atoms with van der Waals surface area (Å²) in [5.74, 6) is -10.8. The molecule has 1 fully saturated rings. The Kier molecular flexibility index (Phi) is 42.2. The summed E-state index contributed by atoms with van der Waals surface area (Å²) in [6.45, 7) is 9.38. The van der Waals surface area contributed by atoms with E-state index in [9.17, 15) is 33.6 Å². The average molecular weight is 1660 g/mol. The maximum absolute atomic E-state index is 15.2. The van der Waals surface area contributed by atoms with Crippen molar-refractivity contribution in [3.8, 4) is 11.5 Å². The zero-order valence-corrected chi connectivity index (χ0v) is 68.7. The highest BCUT2D eigenvalue weighted by Crippen LogP contribution is 2.23. The van der Waals surface area contributed by atoms with Gasteiger partial charge in [0.15, 0.2) is 23.8 Å². The van der Waals surface area contributed by atoms with Gasteiger partial charge >= 0.3 is 0 Å². The van der Waals surface area contributed by atoms with Gasteiger partial charge in [-0.2, -0.15) is 0 Å². The van der Waals surface area contributed by atoms with Crippen molar-refractivity contribution in [1.29, 1.82) is 21.6 Å². The number of rotatable bonds is 45. The molecule has 8 rings (SSSR count). The summed E-state index contributed by atoms with van der Waals surface area (Å²) in [5.41, 5.74) is 35.6. The lowest BCUT2D eigenvalue weighted by atomic mass is 9.96. The lowest BCUT2D eigenvalue weighted by Crippen LogP contribution is -2.61. The molecule has 5 aliphatic rings. The van der Waals surface area contributed by atoms with Crippen LogP contribution in [0.2, 0.25) is 0 Å². The van der Waals surface area contributed by atoms with Crippen LogP contribution in [0.1, 0.15) is 148 Å². The number of likely N-dealkylation sites (tertiary alicyclic amines) is 1. The van der Waals surface area contributed by atoms with E-state index in [0.717, 1.165) is 0 Å². The van der Waals surface area contributed by atoms with E-state index in [1.165, 1.54) is 11.8 Å². The number of nitrogens with two attached hydrogens (primary N) is 6. The van der Waals surface area contributed by atoms with Crippen LogP contribution in [0.5, 0.6) is 11.5 Å². The first-order valence-corrected chi connectivity index (χ1v) is 40.5. The van der Waals surface area contributed by atoms with E-state index in [4.69, 9.17) is 65.5 Å². The van der Waals surface area contributed by atoms with Crippen molar-refractivity contribution in [3.63, 3.8) is 0 Å². The molecule has 5 aliphatic heterocycles. The third kappa shape index (κ3) is 36.0. The molecule has 0 radical (unpaired) electrons. The number of unbranched alkanes of at least 4 members (excludes halogenated alkanes) is 1. The molecular weight excluding hydrogens is 1540 g/mol. The molecule has 3 aromatic carbocycles. The molecule has 4 bridgehead atoms. The molecule has 1 saturated heterocycles. The Morgan fingerprint density at radius 1 is 0.513 bits per heavy atom. The molecule has 5 heterocycles. The third-order valence-corrected chi connectivity index (χ3v) is 19.9. The molecule has 0 saturated carbocycles. The van der Waals surface area contributed by atoms with Gasteiger partial charge in [-0.25, -0.2) is 0 Å². The van der Waals surface area contributed by atoms with Crippen LogP contribution in [0.25, 0.3) is 0 Å². The summed E-state index contributed by atoms with van der Waals surface area (Å²) in [4.78, 5) is 175. The Balaban J connectivity index is 1.47. The van der Waals surface area contributed by atoms with Crippen molar-refractivity contribution >= 4 is 94.7 Å². The quantitative estimate of drug-likeness (QED) is 0.0122. The predicted molar refractivity (Wildman–Crippen MR) is 448 cm³/mol. The molecule has 0 aromatic heterocycles. The molecule has 39 heteroatoms. The number of benzene rings is 3. The van der Waals surface area contributed by atoms with E-state index in [2.05, 4.69) is 74.4 Å². The van der Waals surface area contributed by atoms with Crippen molar-refractivity contribution in [3.05, 3.63) is 108 Å². The van der Waals surface area contributed by atoms with Gasteiger partial charge in [-0.3, -0.25) is 79.2 Å². The number of nitrogens with zero attached hydrogens (tertiary/aromatic N) is 1. The van der Waals surface area contributed by atoms with Crippen molar-refractivity contribution in [2.75, 3.05) is 52.5 Å². The van der Waals surface area contributed by atoms with E-state index in [-0.39, 0.29) is 154 Å². The fourth-order valence-electron chi connectivity index (χ4n) is 13.3. The summed E-state index contributed by atoms with van der Waals surface area (Å²) >= 11 is 0. The average Bonchev–Trinajstić information content (AvgIpc) is 1.75. The van der Waals surface area contributed by atoms with Gasteiger partial charge in [0, 0.05) is 58.9 Å². The summed E-state index contributed by atoms with van der Waals surface area (Å²) < 4.78 is 11.8. The van der Waals surface area contributed by atoms with Gasteiger partial charge in [-0.05, 0) is 161 Å². The van der Waals surface area contributed by atoms with Crippen LogP contribution in [-0.2, 0) is 76.8 Å². The Morgan fingerprint density at radius 2 is 0.950 bits per heavy atom. The smallest absolute Gasteiger partial charge is 0.245 e. The molecule has 0 spiro atoms. The molecule has 3 aromatic rings. The largest absolute Gasteiger partial charge is 0.490 e. The van der Waals surface area contributed by atoms with Gasteiger partial charge in [-0.1, -0.05) is 88.7 Å². The summed E-state index contributed by atoms with van der Waals surface area (Å²) in [6.07, 6.45) is 5.39. The van der Waals surface area contributed by atoms with Crippen LogP contribution in [0.3, 0.4) is 0 Å². The number of hydrogen-bond donors (Lipinski definition) is 24. The number of guanidine groups is 4.